The maximum atomic E-state index is 11.2. The number of ether oxygens (including phenoxy) is 1. The molecule has 4 rings (SSSR count). The van der Waals surface area contributed by atoms with Crippen molar-refractivity contribution in [2.45, 2.75) is 13.5 Å². The Hall–Kier alpha value is -3.27. The molecule has 0 saturated carbocycles. The van der Waals surface area contributed by atoms with Gasteiger partial charge in [-0.2, -0.15) is 0 Å². The highest BCUT2D eigenvalue weighted by Gasteiger charge is 2.19. The van der Waals surface area contributed by atoms with Crippen molar-refractivity contribution in [1.82, 2.24) is 24.7 Å². The van der Waals surface area contributed by atoms with Gasteiger partial charge in [0.15, 0.2) is 11.6 Å². The minimum absolute atomic E-state index is 0.316. The molecule has 4 heterocycles. The highest BCUT2D eigenvalue weighted by molar-refractivity contribution is 5.68. The Labute approximate surface area is 154 Å². The van der Waals surface area contributed by atoms with Crippen molar-refractivity contribution in [2.24, 2.45) is 0 Å². The molecule has 1 fully saturated rings. The van der Waals surface area contributed by atoms with Gasteiger partial charge in [-0.05, 0) is 19.1 Å². The van der Waals surface area contributed by atoms with Crippen LogP contribution in [0.3, 0.4) is 0 Å². The Morgan fingerprint density at radius 3 is 2.59 bits per heavy atom. The van der Waals surface area contributed by atoms with Gasteiger partial charge in [0, 0.05) is 25.5 Å². The maximum absolute atomic E-state index is 11.2. The van der Waals surface area contributed by atoms with Crippen LogP contribution in [0.2, 0.25) is 0 Å². The lowest BCUT2D eigenvalue weighted by molar-refractivity contribution is -0.137. The van der Waals surface area contributed by atoms with Crippen molar-refractivity contribution in [1.29, 1.82) is 0 Å². The molecule has 0 atom stereocenters. The first-order valence-corrected chi connectivity index (χ1v) is 8.49. The van der Waals surface area contributed by atoms with E-state index in [9.17, 15) is 9.90 Å². The first kappa shape index (κ1) is 17.2. The molecule has 1 aliphatic heterocycles. The normalized spacial score (nSPS) is 14.5. The molecule has 10 nitrogen and oxygen atoms in total. The number of hydrogen-bond acceptors (Lipinski definition) is 8. The smallest absolute Gasteiger partial charge is 0.325 e. The highest BCUT2D eigenvalue weighted by Crippen LogP contribution is 2.24. The van der Waals surface area contributed by atoms with E-state index in [1.54, 1.807) is 24.5 Å². The number of hydrogen-bond donors (Lipinski definition) is 1. The Bertz CT molecular complexity index is 943. The summed E-state index contributed by atoms with van der Waals surface area (Å²) in [6, 6.07) is 3.55. The van der Waals surface area contributed by atoms with E-state index in [1.807, 2.05) is 11.8 Å². The van der Waals surface area contributed by atoms with E-state index >= 15 is 0 Å². The number of aryl methyl sites for hydroxylation is 1. The topological polar surface area (TPSA) is 119 Å². The number of aromatic nitrogens is 5. The molecular weight excluding hydrogens is 352 g/mol. The second kappa shape index (κ2) is 7.16. The van der Waals surface area contributed by atoms with E-state index in [0.717, 1.165) is 18.8 Å². The Balaban J connectivity index is 1.66. The van der Waals surface area contributed by atoms with Crippen LogP contribution in [0.4, 0.5) is 5.95 Å². The van der Waals surface area contributed by atoms with Gasteiger partial charge in [0.05, 0.1) is 18.8 Å². The molecule has 0 aromatic carbocycles. The van der Waals surface area contributed by atoms with Gasteiger partial charge in [0.2, 0.25) is 11.8 Å². The second-order valence-corrected chi connectivity index (χ2v) is 6.09. The fourth-order valence-corrected chi connectivity index (χ4v) is 2.82. The summed E-state index contributed by atoms with van der Waals surface area (Å²) in [6.45, 7) is 4.24. The van der Waals surface area contributed by atoms with Crippen molar-refractivity contribution in [3.63, 3.8) is 0 Å². The fourth-order valence-electron chi connectivity index (χ4n) is 2.82. The Morgan fingerprint density at radius 2 is 1.96 bits per heavy atom. The molecule has 1 N–H and O–H groups in total. The van der Waals surface area contributed by atoms with Crippen LogP contribution in [-0.4, -0.2) is 62.1 Å². The van der Waals surface area contributed by atoms with Crippen LogP contribution >= 0.6 is 0 Å². The van der Waals surface area contributed by atoms with Crippen LogP contribution in [0.1, 0.15) is 5.76 Å². The van der Waals surface area contributed by atoms with Crippen LogP contribution in [0.25, 0.3) is 23.0 Å². The summed E-state index contributed by atoms with van der Waals surface area (Å²) < 4.78 is 12.2. The number of carboxylic acid groups (broad SMARTS) is 1. The average molecular weight is 370 g/mol. The lowest BCUT2D eigenvalue weighted by atomic mass is 10.3. The van der Waals surface area contributed by atoms with Crippen molar-refractivity contribution in [3.8, 4) is 23.0 Å². The lowest BCUT2D eigenvalue weighted by Crippen LogP contribution is -2.37. The molecule has 0 unspecified atom stereocenters. The highest BCUT2D eigenvalue weighted by atomic mass is 16.5. The fraction of sp³-hybridized carbons (Fsp3) is 0.353. The summed E-state index contributed by atoms with van der Waals surface area (Å²) in [5, 5.41) is 13.4. The minimum atomic E-state index is -1.02. The van der Waals surface area contributed by atoms with Gasteiger partial charge < -0.3 is 19.2 Å². The number of carbonyl (C=O) groups is 1. The van der Waals surface area contributed by atoms with Gasteiger partial charge >= 0.3 is 5.97 Å². The van der Waals surface area contributed by atoms with Crippen molar-refractivity contribution in [3.05, 3.63) is 30.3 Å². The van der Waals surface area contributed by atoms with Gasteiger partial charge in [-0.25, -0.2) is 19.6 Å². The maximum Gasteiger partial charge on any atom is 0.325 e. The summed E-state index contributed by atoms with van der Waals surface area (Å²) in [4.78, 5) is 26.5. The zero-order valence-electron chi connectivity index (χ0n) is 14.7. The van der Waals surface area contributed by atoms with Gasteiger partial charge in [-0.3, -0.25) is 4.79 Å². The molecule has 0 radical (unpaired) electrons. The van der Waals surface area contributed by atoms with E-state index in [4.69, 9.17) is 9.15 Å². The summed E-state index contributed by atoms with van der Waals surface area (Å²) in [5.74, 6) is 1.47. The summed E-state index contributed by atoms with van der Waals surface area (Å²) in [5.41, 5.74) is 0.579. The molecule has 3 aromatic heterocycles. The van der Waals surface area contributed by atoms with Gasteiger partial charge in [0.1, 0.15) is 12.3 Å². The van der Waals surface area contributed by atoms with E-state index < -0.39 is 5.97 Å². The first-order chi connectivity index (χ1) is 13.1. The van der Waals surface area contributed by atoms with Crippen molar-refractivity contribution >= 4 is 11.9 Å². The van der Waals surface area contributed by atoms with Crippen LogP contribution < -0.4 is 4.90 Å². The average Bonchev–Trinajstić information content (AvgIpc) is 3.28. The number of rotatable bonds is 5. The molecule has 0 bridgehead atoms. The molecular formula is C17H18N6O4. The molecule has 0 amide bonds. The lowest BCUT2D eigenvalue weighted by Gasteiger charge is -2.26. The quantitative estimate of drug-likeness (QED) is 0.707. The minimum Gasteiger partial charge on any atom is -0.480 e. The van der Waals surface area contributed by atoms with Crippen LogP contribution in [-0.2, 0) is 16.1 Å². The molecule has 1 saturated heterocycles. The SMILES string of the molecule is Cc1ccc(-c2nc(-c3cnc(N4CCOCC4)nc3)n(CC(=O)O)n2)o1. The second-order valence-electron chi connectivity index (χ2n) is 6.09. The largest absolute Gasteiger partial charge is 0.480 e. The number of carboxylic acids is 1. The predicted octanol–water partition coefficient (Wildman–Crippen LogP) is 1.22. The molecule has 0 aliphatic carbocycles. The zero-order valence-corrected chi connectivity index (χ0v) is 14.7. The summed E-state index contributed by atoms with van der Waals surface area (Å²) >= 11 is 0. The first-order valence-electron chi connectivity index (χ1n) is 8.49. The number of aliphatic carboxylic acids is 1. The number of anilines is 1. The molecule has 0 spiro atoms. The van der Waals surface area contributed by atoms with Gasteiger partial charge in [-0.1, -0.05) is 0 Å². The van der Waals surface area contributed by atoms with E-state index in [1.165, 1.54) is 4.68 Å². The van der Waals surface area contributed by atoms with E-state index in [-0.39, 0.29) is 6.54 Å². The van der Waals surface area contributed by atoms with Crippen molar-refractivity contribution < 1.29 is 19.1 Å². The molecule has 27 heavy (non-hydrogen) atoms. The number of furan rings is 1. The number of nitrogens with zero attached hydrogens (tertiary/aromatic N) is 6. The van der Waals surface area contributed by atoms with E-state index in [0.29, 0.717) is 42.1 Å². The third-order valence-corrected chi connectivity index (χ3v) is 4.11. The summed E-state index contributed by atoms with van der Waals surface area (Å²) in [6.07, 6.45) is 3.24. The van der Waals surface area contributed by atoms with Crippen molar-refractivity contribution in [2.75, 3.05) is 31.2 Å². The van der Waals surface area contributed by atoms with Gasteiger partial charge in [-0.15, -0.1) is 5.10 Å². The molecule has 1 aliphatic rings. The van der Waals surface area contributed by atoms with Crippen LogP contribution in [0.15, 0.2) is 28.9 Å². The molecule has 140 valence electrons. The standard InChI is InChI=1S/C17H18N6O4/c1-11-2-3-13(27-11)15-20-16(23(21-15)10-14(24)25)12-8-18-17(19-9-12)22-4-6-26-7-5-22/h2-3,8-9H,4-7,10H2,1H3,(H,24,25). The monoisotopic (exact) mass is 370 g/mol. The van der Waals surface area contributed by atoms with Gasteiger partial charge in [0.25, 0.3) is 0 Å². The zero-order chi connectivity index (χ0) is 18.8. The third kappa shape index (κ3) is 3.65. The summed E-state index contributed by atoms with van der Waals surface area (Å²) in [7, 11) is 0. The third-order valence-electron chi connectivity index (χ3n) is 4.11. The molecule has 3 aromatic rings. The molecule has 10 heteroatoms. The van der Waals surface area contributed by atoms with Crippen LogP contribution in [0, 0.1) is 6.92 Å². The number of morpholine rings is 1. The van der Waals surface area contributed by atoms with Crippen LogP contribution in [0.5, 0.6) is 0 Å². The predicted molar refractivity (Wildman–Crippen MR) is 94.2 cm³/mol. The Kier molecular flexibility index (Phi) is 4.55. The van der Waals surface area contributed by atoms with E-state index in [2.05, 4.69) is 20.1 Å². The Morgan fingerprint density at radius 1 is 1.22 bits per heavy atom.